The van der Waals surface area contributed by atoms with Crippen LogP contribution in [0.2, 0.25) is 0 Å². The fourth-order valence-corrected chi connectivity index (χ4v) is 2.03. The van der Waals surface area contributed by atoms with Gasteiger partial charge < -0.3 is 5.32 Å². The van der Waals surface area contributed by atoms with Crippen molar-refractivity contribution in [2.75, 3.05) is 5.32 Å². The van der Waals surface area contributed by atoms with Crippen molar-refractivity contribution < 1.29 is 13.2 Å². The van der Waals surface area contributed by atoms with Gasteiger partial charge in [-0.1, -0.05) is 0 Å². The SMILES string of the molecule is Cc1cc(S(N)(=O)=O)cc(NC(=O)C(C)Cl)c1C. The number of hydrogen-bond donors (Lipinski definition) is 2. The monoisotopic (exact) mass is 290 g/mol. The molecule has 100 valence electrons. The average molecular weight is 291 g/mol. The van der Waals surface area contributed by atoms with Crippen LogP contribution in [0.5, 0.6) is 0 Å². The number of alkyl halides is 1. The Balaban J connectivity index is 3.28. The molecule has 0 saturated heterocycles. The van der Waals surface area contributed by atoms with Crippen LogP contribution in [0, 0.1) is 13.8 Å². The van der Waals surface area contributed by atoms with E-state index in [1.165, 1.54) is 19.1 Å². The van der Waals surface area contributed by atoms with E-state index in [4.69, 9.17) is 16.7 Å². The fourth-order valence-electron chi connectivity index (χ4n) is 1.35. The molecule has 5 nitrogen and oxygen atoms in total. The highest BCUT2D eigenvalue weighted by Gasteiger charge is 2.15. The maximum atomic E-state index is 11.5. The lowest BCUT2D eigenvalue weighted by atomic mass is 10.1. The van der Waals surface area contributed by atoms with E-state index >= 15 is 0 Å². The number of primary sulfonamides is 1. The Kier molecular flexibility index (Phi) is 4.37. The van der Waals surface area contributed by atoms with Crippen LogP contribution in [-0.4, -0.2) is 19.7 Å². The molecule has 0 radical (unpaired) electrons. The molecular weight excluding hydrogens is 276 g/mol. The van der Waals surface area contributed by atoms with Gasteiger partial charge in [-0.3, -0.25) is 4.79 Å². The molecular formula is C11H15ClN2O3S. The number of sulfonamides is 1. The number of rotatable bonds is 3. The van der Waals surface area contributed by atoms with Crippen molar-refractivity contribution in [1.29, 1.82) is 0 Å². The summed E-state index contributed by atoms with van der Waals surface area (Å²) in [6, 6.07) is 2.79. The molecule has 0 fully saturated rings. The van der Waals surface area contributed by atoms with E-state index in [0.29, 0.717) is 5.69 Å². The highest BCUT2D eigenvalue weighted by molar-refractivity contribution is 7.89. The van der Waals surface area contributed by atoms with E-state index in [1.54, 1.807) is 13.8 Å². The molecule has 1 aromatic rings. The number of carbonyl (C=O) groups is 1. The Morgan fingerprint density at radius 3 is 2.39 bits per heavy atom. The van der Waals surface area contributed by atoms with E-state index < -0.39 is 21.3 Å². The molecule has 3 N–H and O–H groups in total. The van der Waals surface area contributed by atoms with Crippen LogP contribution in [-0.2, 0) is 14.8 Å². The second-order valence-corrected chi connectivity index (χ2v) is 6.28. The van der Waals surface area contributed by atoms with Gasteiger partial charge in [0.2, 0.25) is 15.9 Å². The number of nitrogens with one attached hydrogen (secondary N) is 1. The molecule has 1 amide bonds. The largest absolute Gasteiger partial charge is 0.325 e. The average Bonchev–Trinajstić information content (AvgIpc) is 2.22. The molecule has 18 heavy (non-hydrogen) atoms. The Bertz CT molecular complexity index is 582. The van der Waals surface area contributed by atoms with E-state index in [2.05, 4.69) is 5.32 Å². The van der Waals surface area contributed by atoms with Crippen LogP contribution in [0.25, 0.3) is 0 Å². The number of halogens is 1. The Labute approximate surface area is 111 Å². The maximum absolute atomic E-state index is 11.5. The normalized spacial score (nSPS) is 13.2. The summed E-state index contributed by atoms with van der Waals surface area (Å²) in [6.45, 7) is 5.04. The number of nitrogens with two attached hydrogens (primary N) is 1. The number of aryl methyl sites for hydroxylation is 1. The summed E-state index contributed by atoms with van der Waals surface area (Å²) < 4.78 is 22.6. The fraction of sp³-hybridized carbons (Fsp3) is 0.364. The van der Waals surface area contributed by atoms with E-state index in [9.17, 15) is 13.2 Å². The van der Waals surface area contributed by atoms with Crippen LogP contribution >= 0.6 is 11.6 Å². The second kappa shape index (κ2) is 5.26. The van der Waals surface area contributed by atoms with Gasteiger partial charge in [0.05, 0.1) is 4.90 Å². The number of carbonyl (C=O) groups excluding carboxylic acids is 1. The first kappa shape index (κ1) is 14.9. The third-order valence-corrected chi connectivity index (χ3v) is 3.68. The minimum atomic E-state index is -3.80. The first-order valence-electron chi connectivity index (χ1n) is 5.22. The molecule has 7 heteroatoms. The summed E-state index contributed by atoms with van der Waals surface area (Å²) in [5.41, 5.74) is 1.89. The lowest BCUT2D eigenvalue weighted by molar-refractivity contribution is -0.115. The molecule has 0 aliphatic rings. The predicted octanol–water partition coefficient (Wildman–Crippen LogP) is 1.52. The molecule has 1 atom stereocenters. The molecule has 1 rings (SSSR count). The highest BCUT2D eigenvalue weighted by Crippen LogP contribution is 2.23. The first-order chi connectivity index (χ1) is 8.12. The van der Waals surface area contributed by atoms with E-state index in [-0.39, 0.29) is 4.90 Å². The summed E-state index contributed by atoms with van der Waals surface area (Å²) in [4.78, 5) is 11.5. The number of anilines is 1. The van der Waals surface area contributed by atoms with E-state index in [1.807, 2.05) is 0 Å². The Morgan fingerprint density at radius 1 is 1.39 bits per heavy atom. The molecule has 0 aliphatic heterocycles. The molecule has 0 saturated carbocycles. The van der Waals surface area contributed by atoms with Crippen LogP contribution in [0.4, 0.5) is 5.69 Å². The highest BCUT2D eigenvalue weighted by atomic mass is 35.5. The minimum absolute atomic E-state index is 0.0388. The molecule has 0 bridgehead atoms. The molecule has 0 heterocycles. The van der Waals surface area contributed by atoms with Crippen molar-refractivity contribution >= 4 is 33.2 Å². The number of hydrogen-bond acceptors (Lipinski definition) is 3. The quantitative estimate of drug-likeness (QED) is 0.827. The smallest absolute Gasteiger partial charge is 0.242 e. The standard InChI is InChI=1S/C11H15ClN2O3S/c1-6-4-9(18(13,16)17)5-10(7(6)2)14-11(15)8(3)12/h4-5,8H,1-3H3,(H,14,15)(H2,13,16,17). The van der Waals surface area contributed by atoms with Crippen molar-refractivity contribution in [3.8, 4) is 0 Å². The lowest BCUT2D eigenvalue weighted by Gasteiger charge is -2.13. The van der Waals surface area contributed by atoms with Crippen molar-refractivity contribution in [2.45, 2.75) is 31.0 Å². The molecule has 1 aromatic carbocycles. The first-order valence-corrected chi connectivity index (χ1v) is 7.20. The summed E-state index contributed by atoms with van der Waals surface area (Å²) in [5, 5.41) is 6.94. The molecule has 0 spiro atoms. The van der Waals surface area contributed by atoms with Gasteiger partial charge in [-0.2, -0.15) is 0 Å². The van der Waals surface area contributed by atoms with Crippen molar-refractivity contribution in [3.63, 3.8) is 0 Å². The number of amides is 1. The van der Waals surface area contributed by atoms with Crippen molar-refractivity contribution in [2.24, 2.45) is 5.14 Å². The Hall–Kier alpha value is -1.11. The minimum Gasteiger partial charge on any atom is -0.325 e. The molecule has 1 unspecified atom stereocenters. The number of benzene rings is 1. The lowest BCUT2D eigenvalue weighted by Crippen LogP contribution is -2.21. The van der Waals surface area contributed by atoms with Gasteiger partial charge in [0.25, 0.3) is 0 Å². The summed E-state index contributed by atoms with van der Waals surface area (Å²) in [5.74, 6) is -0.397. The summed E-state index contributed by atoms with van der Waals surface area (Å²) >= 11 is 5.64. The molecule has 0 aliphatic carbocycles. The Morgan fingerprint density at radius 2 is 1.94 bits per heavy atom. The second-order valence-electron chi connectivity index (χ2n) is 4.06. The van der Waals surface area contributed by atoms with Gasteiger partial charge in [-0.15, -0.1) is 11.6 Å². The van der Waals surface area contributed by atoms with Crippen LogP contribution in [0.3, 0.4) is 0 Å². The van der Waals surface area contributed by atoms with Gasteiger partial charge >= 0.3 is 0 Å². The van der Waals surface area contributed by atoms with Crippen LogP contribution < -0.4 is 10.5 Å². The third kappa shape index (κ3) is 3.44. The zero-order valence-corrected chi connectivity index (χ0v) is 11.9. The van der Waals surface area contributed by atoms with Gasteiger partial charge in [-0.05, 0) is 44.0 Å². The van der Waals surface area contributed by atoms with Gasteiger partial charge in [0.15, 0.2) is 0 Å². The van der Waals surface area contributed by atoms with Crippen molar-refractivity contribution in [1.82, 2.24) is 0 Å². The van der Waals surface area contributed by atoms with Crippen LogP contribution in [0.1, 0.15) is 18.1 Å². The summed E-state index contributed by atoms with van der Waals surface area (Å²) in [6.07, 6.45) is 0. The van der Waals surface area contributed by atoms with Crippen molar-refractivity contribution in [3.05, 3.63) is 23.3 Å². The zero-order valence-electron chi connectivity index (χ0n) is 10.3. The predicted molar refractivity (Wildman–Crippen MR) is 71.2 cm³/mol. The third-order valence-electron chi connectivity index (χ3n) is 2.59. The summed E-state index contributed by atoms with van der Waals surface area (Å²) in [7, 11) is -3.80. The van der Waals surface area contributed by atoms with Crippen LogP contribution in [0.15, 0.2) is 17.0 Å². The maximum Gasteiger partial charge on any atom is 0.242 e. The van der Waals surface area contributed by atoms with E-state index in [0.717, 1.165) is 11.1 Å². The van der Waals surface area contributed by atoms with Gasteiger partial charge in [0.1, 0.15) is 5.38 Å². The van der Waals surface area contributed by atoms with Gasteiger partial charge in [-0.25, -0.2) is 13.6 Å². The molecule has 0 aromatic heterocycles. The topological polar surface area (TPSA) is 89.3 Å². The van der Waals surface area contributed by atoms with Gasteiger partial charge in [0, 0.05) is 5.69 Å². The zero-order chi connectivity index (χ0) is 14.1.